The topological polar surface area (TPSA) is 41.6 Å². The van der Waals surface area contributed by atoms with E-state index in [1.807, 2.05) is 11.8 Å². The Morgan fingerprint density at radius 1 is 1.30 bits per heavy atom. The second-order valence-electron chi connectivity index (χ2n) is 5.71. The number of carbonyl (C=O) groups excluding carboxylic acids is 1. The first kappa shape index (κ1) is 15.0. The Labute approximate surface area is 121 Å². The smallest absolute Gasteiger partial charge is 0.238 e. The van der Waals surface area contributed by atoms with Crippen LogP contribution < -0.4 is 5.32 Å². The first-order chi connectivity index (χ1) is 9.54. The van der Waals surface area contributed by atoms with Gasteiger partial charge in [-0.05, 0) is 24.0 Å². The van der Waals surface area contributed by atoms with Crippen LogP contribution in [0.15, 0.2) is 24.3 Å². The van der Waals surface area contributed by atoms with Gasteiger partial charge < -0.3 is 9.64 Å². The van der Waals surface area contributed by atoms with Crippen molar-refractivity contribution in [2.45, 2.75) is 38.9 Å². The molecule has 0 aliphatic carbocycles. The van der Waals surface area contributed by atoms with Crippen LogP contribution in [-0.4, -0.2) is 37.1 Å². The zero-order chi connectivity index (χ0) is 14.7. The van der Waals surface area contributed by atoms with Gasteiger partial charge in [-0.2, -0.15) is 0 Å². The van der Waals surface area contributed by atoms with Crippen LogP contribution in [0.25, 0.3) is 0 Å². The number of ether oxygens (including phenoxy) is 1. The average molecular weight is 276 g/mol. The molecule has 1 aromatic carbocycles. The SMILES string of the molecule is COCC(C)N1C(=O)CNC1c1ccc(C(C)C)cc1. The Morgan fingerprint density at radius 2 is 1.95 bits per heavy atom. The van der Waals surface area contributed by atoms with Gasteiger partial charge in [0.25, 0.3) is 0 Å². The number of nitrogens with zero attached hydrogens (tertiary/aromatic N) is 1. The van der Waals surface area contributed by atoms with Crippen LogP contribution in [0.1, 0.15) is 44.0 Å². The lowest BCUT2D eigenvalue weighted by Gasteiger charge is -2.30. The number of hydrogen-bond donors (Lipinski definition) is 1. The molecule has 1 N–H and O–H groups in total. The molecular formula is C16H24N2O2. The summed E-state index contributed by atoms with van der Waals surface area (Å²) in [5.41, 5.74) is 2.44. The van der Waals surface area contributed by atoms with Gasteiger partial charge >= 0.3 is 0 Å². The van der Waals surface area contributed by atoms with Gasteiger partial charge in [0.15, 0.2) is 0 Å². The summed E-state index contributed by atoms with van der Waals surface area (Å²) in [5, 5.41) is 3.28. The fraction of sp³-hybridized carbons (Fsp3) is 0.562. The second kappa shape index (κ2) is 6.37. The standard InChI is InChI=1S/C16H24N2O2/c1-11(2)13-5-7-14(8-6-13)16-17-9-15(19)18(16)12(3)10-20-4/h5-8,11-12,16-17H,9-10H2,1-4H3. The number of methoxy groups -OCH3 is 1. The van der Waals surface area contributed by atoms with Crippen LogP contribution in [0.5, 0.6) is 0 Å². The van der Waals surface area contributed by atoms with Gasteiger partial charge in [-0.1, -0.05) is 38.1 Å². The molecule has 1 fully saturated rings. The third kappa shape index (κ3) is 3.02. The molecule has 2 rings (SSSR count). The molecule has 1 amide bonds. The monoisotopic (exact) mass is 276 g/mol. The first-order valence-electron chi connectivity index (χ1n) is 7.18. The van der Waals surface area contributed by atoms with Crippen molar-refractivity contribution in [1.29, 1.82) is 0 Å². The lowest BCUT2D eigenvalue weighted by Crippen LogP contribution is -2.40. The summed E-state index contributed by atoms with van der Waals surface area (Å²) in [5.74, 6) is 0.651. The summed E-state index contributed by atoms with van der Waals surface area (Å²) in [6, 6.07) is 8.57. The largest absolute Gasteiger partial charge is 0.383 e. The number of benzene rings is 1. The van der Waals surface area contributed by atoms with Crippen LogP contribution in [0, 0.1) is 0 Å². The summed E-state index contributed by atoms with van der Waals surface area (Å²) in [4.78, 5) is 13.9. The Hall–Kier alpha value is -1.39. The molecular weight excluding hydrogens is 252 g/mol. The van der Waals surface area contributed by atoms with E-state index in [4.69, 9.17) is 4.74 Å². The molecule has 1 heterocycles. The molecule has 2 atom stereocenters. The normalized spacial score (nSPS) is 20.8. The van der Waals surface area contributed by atoms with Gasteiger partial charge in [0.2, 0.25) is 5.91 Å². The molecule has 20 heavy (non-hydrogen) atoms. The molecule has 1 aliphatic heterocycles. The number of rotatable bonds is 5. The maximum Gasteiger partial charge on any atom is 0.238 e. The Morgan fingerprint density at radius 3 is 2.50 bits per heavy atom. The minimum Gasteiger partial charge on any atom is -0.383 e. The third-order valence-electron chi connectivity index (χ3n) is 3.81. The maximum absolute atomic E-state index is 12.1. The van der Waals surface area contributed by atoms with Crippen LogP contribution in [0.4, 0.5) is 0 Å². The minimum atomic E-state index is -0.0473. The predicted molar refractivity (Wildman–Crippen MR) is 79.5 cm³/mol. The van der Waals surface area contributed by atoms with Crippen molar-refractivity contribution in [2.24, 2.45) is 0 Å². The Kier molecular flexibility index (Phi) is 4.78. The summed E-state index contributed by atoms with van der Waals surface area (Å²) < 4.78 is 5.18. The lowest BCUT2D eigenvalue weighted by atomic mass is 10.0. The van der Waals surface area contributed by atoms with E-state index < -0.39 is 0 Å². The van der Waals surface area contributed by atoms with Crippen molar-refractivity contribution < 1.29 is 9.53 Å². The number of amides is 1. The van der Waals surface area contributed by atoms with E-state index in [0.29, 0.717) is 19.1 Å². The highest BCUT2D eigenvalue weighted by Gasteiger charge is 2.34. The zero-order valence-corrected chi connectivity index (χ0v) is 12.7. The van der Waals surface area contributed by atoms with E-state index in [2.05, 4.69) is 43.4 Å². The van der Waals surface area contributed by atoms with Crippen LogP contribution in [-0.2, 0) is 9.53 Å². The van der Waals surface area contributed by atoms with Crippen molar-refractivity contribution in [3.05, 3.63) is 35.4 Å². The van der Waals surface area contributed by atoms with Crippen molar-refractivity contribution in [2.75, 3.05) is 20.3 Å². The van der Waals surface area contributed by atoms with Crippen LogP contribution in [0.2, 0.25) is 0 Å². The predicted octanol–water partition coefficient (Wildman–Crippen LogP) is 2.28. The highest BCUT2D eigenvalue weighted by atomic mass is 16.5. The van der Waals surface area contributed by atoms with Crippen molar-refractivity contribution in [3.8, 4) is 0 Å². The molecule has 0 spiro atoms. The van der Waals surface area contributed by atoms with E-state index >= 15 is 0 Å². The molecule has 4 heteroatoms. The minimum absolute atomic E-state index is 0.0473. The van der Waals surface area contributed by atoms with Crippen molar-refractivity contribution in [1.82, 2.24) is 10.2 Å². The van der Waals surface area contributed by atoms with Gasteiger partial charge in [0.05, 0.1) is 19.2 Å². The lowest BCUT2D eigenvalue weighted by molar-refractivity contribution is -0.131. The Bertz CT molecular complexity index is 456. The highest BCUT2D eigenvalue weighted by molar-refractivity contribution is 5.81. The number of carbonyl (C=O) groups is 1. The van der Waals surface area contributed by atoms with Crippen LogP contribution in [0.3, 0.4) is 0 Å². The maximum atomic E-state index is 12.1. The summed E-state index contributed by atoms with van der Waals surface area (Å²) in [6.07, 6.45) is -0.0473. The molecule has 0 saturated carbocycles. The molecule has 2 unspecified atom stereocenters. The van der Waals surface area contributed by atoms with E-state index in [1.54, 1.807) is 7.11 Å². The molecule has 4 nitrogen and oxygen atoms in total. The summed E-state index contributed by atoms with van der Waals surface area (Å²) in [7, 11) is 1.66. The molecule has 1 aromatic rings. The van der Waals surface area contributed by atoms with Crippen molar-refractivity contribution in [3.63, 3.8) is 0 Å². The third-order valence-corrected chi connectivity index (χ3v) is 3.81. The first-order valence-corrected chi connectivity index (χ1v) is 7.18. The fourth-order valence-corrected chi connectivity index (χ4v) is 2.68. The van der Waals surface area contributed by atoms with Gasteiger partial charge in [-0.15, -0.1) is 0 Å². The van der Waals surface area contributed by atoms with E-state index in [0.717, 1.165) is 5.56 Å². The number of hydrogen-bond acceptors (Lipinski definition) is 3. The number of nitrogens with one attached hydrogen (secondary N) is 1. The summed E-state index contributed by atoms with van der Waals surface area (Å²) >= 11 is 0. The average Bonchev–Trinajstić information content (AvgIpc) is 2.81. The van der Waals surface area contributed by atoms with E-state index in [-0.39, 0.29) is 18.1 Å². The molecule has 110 valence electrons. The molecule has 1 aliphatic rings. The molecule has 0 radical (unpaired) electrons. The quantitative estimate of drug-likeness (QED) is 0.897. The fourth-order valence-electron chi connectivity index (χ4n) is 2.68. The zero-order valence-electron chi connectivity index (χ0n) is 12.7. The van der Waals surface area contributed by atoms with E-state index in [1.165, 1.54) is 5.56 Å². The van der Waals surface area contributed by atoms with Gasteiger partial charge in [-0.3, -0.25) is 10.1 Å². The molecule has 1 saturated heterocycles. The second-order valence-corrected chi connectivity index (χ2v) is 5.71. The Balaban J connectivity index is 2.19. The summed E-state index contributed by atoms with van der Waals surface area (Å²) in [6.45, 7) is 7.32. The molecule has 0 bridgehead atoms. The van der Waals surface area contributed by atoms with Crippen LogP contribution >= 0.6 is 0 Å². The van der Waals surface area contributed by atoms with Gasteiger partial charge in [-0.25, -0.2) is 0 Å². The van der Waals surface area contributed by atoms with Gasteiger partial charge in [0, 0.05) is 7.11 Å². The van der Waals surface area contributed by atoms with Crippen molar-refractivity contribution >= 4 is 5.91 Å². The highest BCUT2D eigenvalue weighted by Crippen LogP contribution is 2.26. The molecule has 0 aromatic heterocycles. The van der Waals surface area contributed by atoms with Gasteiger partial charge in [0.1, 0.15) is 6.17 Å². The van der Waals surface area contributed by atoms with E-state index in [9.17, 15) is 4.79 Å².